The average molecular weight is 350 g/mol. The first-order valence-corrected chi connectivity index (χ1v) is 8.93. The van der Waals surface area contributed by atoms with E-state index in [-0.39, 0.29) is 11.5 Å². The Kier molecular flexibility index (Phi) is 2.92. The van der Waals surface area contributed by atoms with Gasteiger partial charge in [0.25, 0.3) is 0 Å². The zero-order chi connectivity index (χ0) is 16.3. The molecule has 0 saturated carbocycles. The third kappa shape index (κ3) is 2.03. The second-order valence-corrected chi connectivity index (χ2v) is 7.63. The van der Waals surface area contributed by atoms with Crippen LogP contribution in [0.5, 0.6) is 11.5 Å². The van der Waals surface area contributed by atoms with Crippen LogP contribution in [0.25, 0.3) is 0 Å². The molecule has 0 bridgehead atoms. The van der Waals surface area contributed by atoms with Crippen molar-refractivity contribution in [3.05, 3.63) is 59.2 Å². The van der Waals surface area contributed by atoms with E-state index < -0.39 is 0 Å². The molecule has 0 unspecified atom stereocenters. The van der Waals surface area contributed by atoms with E-state index in [1.54, 1.807) is 17.8 Å². The van der Waals surface area contributed by atoms with Crippen LogP contribution in [0.1, 0.15) is 0 Å². The molecule has 2 aliphatic rings. The topological polar surface area (TPSA) is 65.2 Å². The third-order valence-electron chi connectivity index (χ3n) is 3.91. The van der Waals surface area contributed by atoms with Gasteiger partial charge in [-0.2, -0.15) is 0 Å². The first-order valence-electron chi connectivity index (χ1n) is 7.30. The van der Waals surface area contributed by atoms with Crippen molar-refractivity contribution in [1.82, 2.24) is 0 Å². The van der Waals surface area contributed by atoms with Gasteiger partial charge in [0.1, 0.15) is 5.69 Å². The summed E-state index contributed by atoms with van der Waals surface area (Å²) in [6.07, 6.45) is 0. The molecule has 6 heteroatoms. The Hall–Kier alpha value is -2.44. The van der Waals surface area contributed by atoms with E-state index in [2.05, 4.69) is 11.1 Å². The number of hydrogen-bond donors (Lipinski definition) is 2. The molecule has 116 valence electrons. The molecule has 0 saturated heterocycles. The third-order valence-corrected chi connectivity index (χ3v) is 6.12. The number of fused-ring (bicyclic) bond motifs is 4. The van der Waals surface area contributed by atoms with E-state index in [1.165, 1.54) is 17.8 Å². The summed E-state index contributed by atoms with van der Waals surface area (Å²) >= 11 is 3.19. The lowest BCUT2D eigenvalue weighted by molar-refractivity contribution is 0.403. The van der Waals surface area contributed by atoms with Gasteiger partial charge in [-0.25, -0.2) is 9.98 Å². The molecule has 0 aromatic heterocycles. The van der Waals surface area contributed by atoms with Crippen molar-refractivity contribution >= 4 is 34.9 Å². The Morgan fingerprint density at radius 2 is 1.42 bits per heavy atom. The molecule has 4 nitrogen and oxygen atoms in total. The minimum Gasteiger partial charge on any atom is -0.504 e. The quantitative estimate of drug-likeness (QED) is 0.415. The van der Waals surface area contributed by atoms with Gasteiger partial charge in [-0.1, -0.05) is 35.7 Å². The van der Waals surface area contributed by atoms with Crippen molar-refractivity contribution in [3.63, 3.8) is 0 Å². The lowest BCUT2D eigenvalue weighted by atomic mass is 10.2. The van der Waals surface area contributed by atoms with Crippen LogP contribution in [0.2, 0.25) is 0 Å². The number of phenolic OH excluding ortho intramolecular Hbond substituents is 2. The van der Waals surface area contributed by atoms with E-state index in [0.717, 1.165) is 36.0 Å². The number of para-hydroxylation sites is 1. The smallest absolute Gasteiger partial charge is 0.184 e. The van der Waals surface area contributed by atoms with Gasteiger partial charge in [-0.15, -0.1) is 0 Å². The second kappa shape index (κ2) is 5.03. The standard InChI is InChI=1S/C18H10N2O2S2/c21-12-5-6-14-17(18(12)22)20-11-8-15-10(7-16(11)24-14)19-9-3-1-2-4-13(9)23-15/h1-8,21-22H. The van der Waals surface area contributed by atoms with Gasteiger partial charge in [-0.05, 0) is 36.4 Å². The Morgan fingerprint density at radius 1 is 0.708 bits per heavy atom. The lowest BCUT2D eigenvalue weighted by Gasteiger charge is -2.16. The number of nitrogens with zero attached hydrogens (tertiary/aromatic N) is 2. The summed E-state index contributed by atoms with van der Waals surface area (Å²) in [5.74, 6) is -0.330. The number of aromatic hydroxyl groups is 2. The largest absolute Gasteiger partial charge is 0.504 e. The molecule has 24 heavy (non-hydrogen) atoms. The van der Waals surface area contributed by atoms with E-state index in [9.17, 15) is 10.2 Å². The van der Waals surface area contributed by atoms with Crippen molar-refractivity contribution in [2.24, 2.45) is 9.98 Å². The highest BCUT2D eigenvalue weighted by Crippen LogP contribution is 2.46. The van der Waals surface area contributed by atoms with Gasteiger partial charge in [0.05, 0.1) is 16.4 Å². The molecule has 5 rings (SSSR count). The zero-order valence-corrected chi connectivity index (χ0v) is 13.9. The van der Waals surface area contributed by atoms with Gasteiger partial charge < -0.3 is 10.2 Å². The molecule has 0 fully saturated rings. The van der Waals surface area contributed by atoms with Crippen LogP contribution in [0.15, 0.2) is 78.1 Å². The monoisotopic (exact) mass is 350 g/mol. The first-order chi connectivity index (χ1) is 11.7. The zero-order valence-electron chi connectivity index (χ0n) is 12.2. The Morgan fingerprint density at radius 3 is 2.25 bits per heavy atom. The molecule has 0 amide bonds. The molecular weight excluding hydrogens is 340 g/mol. The Balaban J connectivity index is 1.76. The van der Waals surface area contributed by atoms with Crippen LogP contribution < -0.4 is 10.7 Å². The normalized spacial score (nSPS) is 13.7. The molecule has 2 aliphatic heterocycles. The Labute approximate surface area is 145 Å². The predicted octanol–water partition coefficient (Wildman–Crippen LogP) is 3.93. The van der Waals surface area contributed by atoms with Gasteiger partial charge in [0.15, 0.2) is 11.5 Å². The van der Waals surface area contributed by atoms with Crippen LogP contribution in [-0.2, 0) is 0 Å². The molecule has 0 aliphatic carbocycles. The molecule has 0 atom stereocenters. The minimum atomic E-state index is -0.175. The Bertz CT molecular complexity index is 1140. The number of phenols is 2. The molecule has 2 heterocycles. The van der Waals surface area contributed by atoms with Crippen LogP contribution in [-0.4, -0.2) is 10.2 Å². The maximum atomic E-state index is 10.1. The predicted molar refractivity (Wildman–Crippen MR) is 92.5 cm³/mol. The van der Waals surface area contributed by atoms with Gasteiger partial charge in [0.2, 0.25) is 0 Å². The average Bonchev–Trinajstić information content (AvgIpc) is 2.60. The number of rotatable bonds is 0. The van der Waals surface area contributed by atoms with Crippen molar-refractivity contribution in [2.45, 2.75) is 19.6 Å². The van der Waals surface area contributed by atoms with Crippen LogP contribution in [0, 0.1) is 0 Å². The highest BCUT2D eigenvalue weighted by atomic mass is 32.2. The fraction of sp³-hybridized carbons (Fsp3) is 0. The summed E-state index contributed by atoms with van der Waals surface area (Å²) in [4.78, 5) is 13.3. The molecule has 0 radical (unpaired) electrons. The van der Waals surface area contributed by atoms with Crippen molar-refractivity contribution in [1.29, 1.82) is 0 Å². The summed E-state index contributed by atoms with van der Waals surface area (Å²) in [7, 11) is 0. The van der Waals surface area contributed by atoms with Crippen molar-refractivity contribution < 1.29 is 10.2 Å². The molecule has 0 spiro atoms. The van der Waals surface area contributed by atoms with Gasteiger partial charge >= 0.3 is 0 Å². The molecular formula is C18H10N2O2S2. The fourth-order valence-corrected chi connectivity index (χ4v) is 4.71. The van der Waals surface area contributed by atoms with Crippen molar-refractivity contribution in [3.8, 4) is 11.5 Å². The van der Waals surface area contributed by atoms with E-state index in [4.69, 9.17) is 4.99 Å². The first kappa shape index (κ1) is 13.9. The summed E-state index contributed by atoms with van der Waals surface area (Å²) in [5, 5.41) is 21.5. The molecule has 3 aromatic rings. The minimum absolute atomic E-state index is 0.155. The number of hydrogen-bond acceptors (Lipinski definition) is 6. The summed E-state index contributed by atoms with van der Waals surface area (Å²) < 4.78 is 0. The van der Waals surface area contributed by atoms with Crippen LogP contribution in [0.3, 0.4) is 0 Å². The van der Waals surface area contributed by atoms with Gasteiger partial charge in [-0.3, -0.25) is 0 Å². The molecule has 3 aromatic carbocycles. The summed E-state index contributed by atoms with van der Waals surface area (Å²) in [5.41, 5.74) is 1.40. The summed E-state index contributed by atoms with van der Waals surface area (Å²) in [6.45, 7) is 0. The van der Waals surface area contributed by atoms with E-state index in [0.29, 0.717) is 5.69 Å². The maximum absolute atomic E-state index is 10.1. The maximum Gasteiger partial charge on any atom is 0.184 e. The highest BCUT2D eigenvalue weighted by Gasteiger charge is 2.20. The highest BCUT2D eigenvalue weighted by molar-refractivity contribution is 8.00. The lowest BCUT2D eigenvalue weighted by Crippen LogP contribution is -2.17. The second-order valence-electron chi connectivity index (χ2n) is 5.46. The van der Waals surface area contributed by atoms with Crippen molar-refractivity contribution in [2.75, 3.05) is 0 Å². The summed E-state index contributed by atoms with van der Waals surface area (Å²) in [6, 6.07) is 15.3. The van der Waals surface area contributed by atoms with Gasteiger partial charge in [0, 0.05) is 19.6 Å². The van der Waals surface area contributed by atoms with Crippen LogP contribution in [0.4, 0.5) is 11.4 Å². The molecule has 2 N–H and O–H groups in total. The van der Waals surface area contributed by atoms with Crippen LogP contribution >= 0.6 is 23.5 Å². The van der Waals surface area contributed by atoms with E-state index >= 15 is 0 Å². The fourth-order valence-electron chi connectivity index (χ4n) is 2.74. The van der Waals surface area contributed by atoms with E-state index in [1.807, 2.05) is 30.3 Å². The SMILES string of the molecule is Oc1ccc2c(c1O)N=c1cc3c(cc1S2)=Nc1ccccc1S3. The number of benzene rings is 3.